The number of aliphatic hydroxyl groups excluding tert-OH is 1. The van der Waals surface area contributed by atoms with E-state index in [1.165, 1.54) is 0 Å². The van der Waals surface area contributed by atoms with Gasteiger partial charge in [0, 0.05) is 13.2 Å². The molecule has 0 radical (unpaired) electrons. The molecular weight excluding hydrogens is 242 g/mol. The van der Waals surface area contributed by atoms with Gasteiger partial charge in [-0.3, -0.25) is 14.5 Å². The van der Waals surface area contributed by atoms with Crippen molar-refractivity contribution >= 4 is 17.8 Å². The van der Waals surface area contributed by atoms with Gasteiger partial charge in [-0.25, -0.2) is 4.79 Å². The molecule has 0 spiro atoms. The average molecular weight is 259 g/mol. The van der Waals surface area contributed by atoms with Gasteiger partial charge >= 0.3 is 6.03 Å². The van der Waals surface area contributed by atoms with E-state index in [0.29, 0.717) is 19.6 Å². The lowest BCUT2D eigenvalue weighted by atomic mass is 10.4. The molecular formula is C10H17N3O5. The molecule has 0 aliphatic carbocycles. The monoisotopic (exact) mass is 259 g/mol. The second-order valence-corrected chi connectivity index (χ2v) is 3.68. The number of rotatable bonds is 8. The second kappa shape index (κ2) is 7.62. The molecule has 0 aromatic heterocycles. The zero-order valence-electron chi connectivity index (χ0n) is 9.98. The zero-order chi connectivity index (χ0) is 13.4. The smallest absolute Gasteiger partial charge is 0.325 e. The van der Waals surface area contributed by atoms with Crippen LogP contribution in [0.4, 0.5) is 4.79 Å². The van der Waals surface area contributed by atoms with Crippen LogP contribution in [0.15, 0.2) is 0 Å². The van der Waals surface area contributed by atoms with E-state index in [2.05, 4.69) is 10.6 Å². The molecule has 8 heteroatoms. The number of hydrogen-bond donors (Lipinski definition) is 3. The highest BCUT2D eigenvalue weighted by molar-refractivity contribution is 6.04. The van der Waals surface area contributed by atoms with Gasteiger partial charge in [0.1, 0.15) is 6.54 Å². The molecule has 1 rings (SSSR count). The van der Waals surface area contributed by atoms with Gasteiger partial charge in [-0.15, -0.1) is 0 Å². The van der Waals surface area contributed by atoms with Gasteiger partial charge in [0.25, 0.3) is 5.91 Å². The highest BCUT2D eigenvalue weighted by Gasteiger charge is 2.29. The summed E-state index contributed by atoms with van der Waals surface area (Å²) in [7, 11) is 0. The number of ether oxygens (including phenoxy) is 1. The van der Waals surface area contributed by atoms with Crippen molar-refractivity contribution in [1.29, 1.82) is 0 Å². The third-order valence-electron chi connectivity index (χ3n) is 2.26. The number of carbonyl (C=O) groups excluding carboxylic acids is 3. The summed E-state index contributed by atoms with van der Waals surface area (Å²) < 4.78 is 5.00. The Morgan fingerprint density at radius 2 is 2.22 bits per heavy atom. The van der Waals surface area contributed by atoms with Crippen LogP contribution in [0.1, 0.15) is 6.42 Å². The van der Waals surface area contributed by atoms with Gasteiger partial charge in [0.05, 0.1) is 19.8 Å². The van der Waals surface area contributed by atoms with Gasteiger partial charge < -0.3 is 20.5 Å². The normalized spacial score (nSPS) is 14.8. The van der Waals surface area contributed by atoms with E-state index < -0.39 is 11.9 Å². The van der Waals surface area contributed by atoms with Crippen molar-refractivity contribution in [3.63, 3.8) is 0 Å². The molecule has 0 unspecified atom stereocenters. The average Bonchev–Trinajstić information content (AvgIpc) is 2.65. The van der Waals surface area contributed by atoms with Crippen LogP contribution >= 0.6 is 0 Å². The summed E-state index contributed by atoms with van der Waals surface area (Å²) >= 11 is 0. The van der Waals surface area contributed by atoms with Crippen LogP contribution in [0.2, 0.25) is 0 Å². The maximum atomic E-state index is 11.4. The predicted molar refractivity (Wildman–Crippen MR) is 60.6 cm³/mol. The topological polar surface area (TPSA) is 108 Å². The first-order valence-electron chi connectivity index (χ1n) is 5.68. The summed E-state index contributed by atoms with van der Waals surface area (Å²) in [5.74, 6) is -0.788. The summed E-state index contributed by atoms with van der Waals surface area (Å²) in [4.78, 5) is 34.6. The van der Waals surface area contributed by atoms with Gasteiger partial charge in [-0.2, -0.15) is 0 Å². The summed E-state index contributed by atoms with van der Waals surface area (Å²) in [5.41, 5.74) is 0. The van der Waals surface area contributed by atoms with Crippen LogP contribution in [0.25, 0.3) is 0 Å². The Balaban J connectivity index is 2.10. The minimum Gasteiger partial charge on any atom is -0.394 e. The molecule has 0 aromatic rings. The van der Waals surface area contributed by atoms with Crippen molar-refractivity contribution in [2.75, 3.05) is 39.5 Å². The predicted octanol–water partition coefficient (Wildman–Crippen LogP) is -1.95. The molecule has 18 heavy (non-hydrogen) atoms. The Labute approximate surface area is 104 Å². The second-order valence-electron chi connectivity index (χ2n) is 3.68. The van der Waals surface area contributed by atoms with E-state index in [9.17, 15) is 14.4 Å². The van der Waals surface area contributed by atoms with E-state index >= 15 is 0 Å². The van der Waals surface area contributed by atoms with Crippen molar-refractivity contribution in [1.82, 2.24) is 15.5 Å². The number of nitrogens with zero attached hydrogens (tertiary/aromatic N) is 1. The molecule has 1 heterocycles. The fourth-order valence-electron chi connectivity index (χ4n) is 1.38. The zero-order valence-corrected chi connectivity index (χ0v) is 9.98. The molecule has 0 bridgehead atoms. The molecule has 1 fully saturated rings. The number of urea groups is 1. The number of imide groups is 1. The molecule has 0 atom stereocenters. The van der Waals surface area contributed by atoms with Crippen LogP contribution in [-0.2, 0) is 14.3 Å². The maximum Gasteiger partial charge on any atom is 0.325 e. The van der Waals surface area contributed by atoms with Gasteiger partial charge in [-0.05, 0) is 6.42 Å². The highest BCUT2D eigenvalue weighted by Crippen LogP contribution is 1.97. The maximum absolute atomic E-state index is 11.4. The number of nitrogens with one attached hydrogen (secondary N) is 2. The first-order valence-corrected chi connectivity index (χ1v) is 5.68. The fraction of sp³-hybridized carbons (Fsp3) is 0.700. The van der Waals surface area contributed by atoms with Crippen molar-refractivity contribution in [2.45, 2.75) is 6.42 Å². The fourth-order valence-corrected chi connectivity index (χ4v) is 1.38. The summed E-state index contributed by atoms with van der Waals surface area (Å²) in [6, 6.07) is -0.540. The number of carbonyl (C=O) groups is 3. The standard InChI is InChI=1S/C10H17N3O5/c14-3-5-18-4-1-2-11-8(15)7-13-9(16)6-12-10(13)17/h14H,1-7H2,(H,11,15)(H,12,17). The number of aliphatic hydroxyl groups is 1. The molecule has 1 aliphatic rings. The first-order chi connectivity index (χ1) is 8.65. The van der Waals surface area contributed by atoms with E-state index in [1.54, 1.807) is 0 Å². The van der Waals surface area contributed by atoms with Crippen molar-refractivity contribution in [3.8, 4) is 0 Å². The van der Waals surface area contributed by atoms with Crippen LogP contribution in [-0.4, -0.2) is 67.3 Å². The van der Waals surface area contributed by atoms with Crippen molar-refractivity contribution in [3.05, 3.63) is 0 Å². The Bertz CT molecular complexity index is 305. The van der Waals surface area contributed by atoms with Crippen LogP contribution in [0.3, 0.4) is 0 Å². The first kappa shape index (κ1) is 14.4. The SMILES string of the molecule is O=C(CN1C(=O)CNC1=O)NCCCOCCO. The van der Waals surface area contributed by atoms with E-state index in [-0.39, 0.29) is 32.2 Å². The van der Waals surface area contributed by atoms with Gasteiger partial charge in [0.15, 0.2) is 0 Å². The Hall–Kier alpha value is -1.67. The lowest BCUT2D eigenvalue weighted by Crippen LogP contribution is -2.41. The Morgan fingerprint density at radius 1 is 1.44 bits per heavy atom. The summed E-state index contributed by atoms with van der Waals surface area (Å²) in [5, 5.41) is 13.4. The minimum absolute atomic E-state index is 0.0292. The van der Waals surface area contributed by atoms with Crippen molar-refractivity contribution in [2.24, 2.45) is 0 Å². The van der Waals surface area contributed by atoms with Gasteiger partial charge in [0.2, 0.25) is 5.91 Å². The highest BCUT2D eigenvalue weighted by atomic mass is 16.5. The van der Waals surface area contributed by atoms with Crippen LogP contribution in [0.5, 0.6) is 0 Å². The van der Waals surface area contributed by atoms with E-state index in [0.717, 1.165) is 4.90 Å². The van der Waals surface area contributed by atoms with Crippen LogP contribution in [0, 0.1) is 0 Å². The number of amides is 4. The lowest BCUT2D eigenvalue weighted by molar-refractivity contribution is -0.130. The Kier molecular flexibility index (Phi) is 6.09. The molecule has 1 saturated heterocycles. The lowest BCUT2D eigenvalue weighted by Gasteiger charge is -2.12. The quantitative estimate of drug-likeness (QED) is 0.347. The number of hydrogen-bond acceptors (Lipinski definition) is 5. The van der Waals surface area contributed by atoms with E-state index in [1.807, 2.05) is 0 Å². The van der Waals surface area contributed by atoms with E-state index in [4.69, 9.17) is 9.84 Å². The third kappa shape index (κ3) is 4.68. The molecule has 0 saturated carbocycles. The summed E-state index contributed by atoms with van der Waals surface area (Å²) in [6.45, 7) is 0.760. The third-order valence-corrected chi connectivity index (χ3v) is 2.26. The van der Waals surface area contributed by atoms with Gasteiger partial charge in [-0.1, -0.05) is 0 Å². The molecule has 8 nitrogen and oxygen atoms in total. The molecule has 3 N–H and O–H groups in total. The largest absolute Gasteiger partial charge is 0.394 e. The molecule has 4 amide bonds. The molecule has 102 valence electrons. The van der Waals surface area contributed by atoms with Crippen molar-refractivity contribution < 1.29 is 24.2 Å². The Morgan fingerprint density at radius 3 is 2.83 bits per heavy atom. The minimum atomic E-state index is -0.540. The molecule has 0 aromatic carbocycles. The summed E-state index contributed by atoms with van der Waals surface area (Å²) in [6.07, 6.45) is 0.603. The molecule has 1 aliphatic heterocycles. The van der Waals surface area contributed by atoms with Crippen LogP contribution < -0.4 is 10.6 Å².